The van der Waals surface area contributed by atoms with Gasteiger partial charge in [0.25, 0.3) is 5.69 Å². The van der Waals surface area contributed by atoms with Gasteiger partial charge in [0.15, 0.2) is 0 Å². The van der Waals surface area contributed by atoms with Crippen LogP contribution in [0.1, 0.15) is 5.56 Å². The Labute approximate surface area is 160 Å². The van der Waals surface area contributed by atoms with Crippen LogP contribution in [0.15, 0.2) is 66.9 Å². The molecule has 0 unspecified atom stereocenters. The Morgan fingerprint density at radius 1 is 1.14 bits per heavy atom. The molecule has 1 heterocycles. The second kappa shape index (κ2) is 8.63. The highest BCUT2D eigenvalue weighted by molar-refractivity contribution is 5.88. The zero-order chi connectivity index (χ0) is 19.9. The number of benzene rings is 2. The molecule has 2 aromatic carbocycles. The second-order valence-corrected chi connectivity index (χ2v) is 5.74. The summed E-state index contributed by atoms with van der Waals surface area (Å²) >= 11 is 0. The fourth-order valence-electron chi connectivity index (χ4n) is 2.60. The summed E-state index contributed by atoms with van der Waals surface area (Å²) in [5.41, 5.74) is 1.87. The lowest BCUT2D eigenvalue weighted by Crippen LogP contribution is -2.14. The zero-order valence-electron chi connectivity index (χ0n) is 15.0. The fourth-order valence-corrected chi connectivity index (χ4v) is 2.60. The topological polar surface area (TPSA) is 104 Å². The van der Waals surface area contributed by atoms with Gasteiger partial charge in [0.05, 0.1) is 17.6 Å². The van der Waals surface area contributed by atoms with Crippen LogP contribution in [-0.2, 0) is 11.3 Å². The lowest BCUT2D eigenvalue weighted by Gasteiger charge is -2.12. The van der Waals surface area contributed by atoms with Crippen LogP contribution in [0.3, 0.4) is 0 Å². The standard InChI is InChI=1S/C20H17N3O5/c1-27-19-17(22-20(24)28-13-14-7-3-2-4-8-14)11-15(12-21-19)16-9-5-6-10-18(16)23(25)26/h2-12H,13H2,1H3,(H,22,24). The van der Waals surface area contributed by atoms with E-state index in [0.717, 1.165) is 5.56 Å². The van der Waals surface area contributed by atoms with Crippen molar-refractivity contribution in [2.24, 2.45) is 0 Å². The number of methoxy groups -OCH3 is 1. The molecule has 0 aliphatic carbocycles. The molecule has 0 aliphatic rings. The summed E-state index contributed by atoms with van der Waals surface area (Å²) in [6.07, 6.45) is 0.755. The van der Waals surface area contributed by atoms with Gasteiger partial charge in [-0.3, -0.25) is 15.4 Å². The van der Waals surface area contributed by atoms with Crippen molar-refractivity contribution >= 4 is 17.5 Å². The van der Waals surface area contributed by atoms with Gasteiger partial charge in [0, 0.05) is 17.8 Å². The van der Waals surface area contributed by atoms with Crippen molar-refractivity contribution in [2.45, 2.75) is 6.61 Å². The first-order chi connectivity index (χ1) is 13.6. The number of nitro benzene ring substituents is 1. The van der Waals surface area contributed by atoms with Gasteiger partial charge in [-0.1, -0.05) is 42.5 Å². The first-order valence-corrected chi connectivity index (χ1v) is 8.34. The van der Waals surface area contributed by atoms with Crippen molar-refractivity contribution in [3.63, 3.8) is 0 Å². The molecule has 0 fully saturated rings. The molecular weight excluding hydrogens is 362 g/mol. The maximum absolute atomic E-state index is 12.2. The van der Waals surface area contributed by atoms with E-state index in [0.29, 0.717) is 11.1 Å². The third-order valence-corrected chi connectivity index (χ3v) is 3.91. The molecule has 142 valence electrons. The Morgan fingerprint density at radius 3 is 2.57 bits per heavy atom. The van der Waals surface area contributed by atoms with Crippen molar-refractivity contribution in [1.82, 2.24) is 4.98 Å². The number of rotatable bonds is 6. The van der Waals surface area contributed by atoms with Crippen molar-refractivity contribution in [3.05, 3.63) is 82.5 Å². The normalized spacial score (nSPS) is 10.2. The Morgan fingerprint density at radius 2 is 1.86 bits per heavy atom. The lowest BCUT2D eigenvalue weighted by molar-refractivity contribution is -0.384. The molecule has 0 aliphatic heterocycles. The number of ether oxygens (including phenoxy) is 2. The molecule has 8 heteroatoms. The van der Waals surface area contributed by atoms with Crippen molar-refractivity contribution < 1.29 is 19.2 Å². The van der Waals surface area contributed by atoms with Gasteiger partial charge in [-0.25, -0.2) is 9.78 Å². The molecule has 3 aromatic rings. The highest BCUT2D eigenvalue weighted by Crippen LogP contribution is 2.33. The quantitative estimate of drug-likeness (QED) is 0.502. The number of carbonyl (C=O) groups is 1. The van der Waals surface area contributed by atoms with E-state index in [1.807, 2.05) is 30.3 Å². The molecule has 0 atom stereocenters. The predicted molar refractivity (Wildman–Crippen MR) is 103 cm³/mol. The number of para-hydroxylation sites is 1. The number of amides is 1. The highest BCUT2D eigenvalue weighted by Gasteiger charge is 2.17. The molecule has 0 saturated heterocycles. The van der Waals surface area contributed by atoms with E-state index in [-0.39, 0.29) is 23.9 Å². The van der Waals surface area contributed by atoms with E-state index in [9.17, 15) is 14.9 Å². The van der Waals surface area contributed by atoms with E-state index in [2.05, 4.69) is 10.3 Å². The summed E-state index contributed by atoms with van der Waals surface area (Å²) in [5, 5.41) is 13.8. The van der Waals surface area contributed by atoms with Crippen LogP contribution in [0.25, 0.3) is 11.1 Å². The van der Waals surface area contributed by atoms with Gasteiger partial charge in [-0.05, 0) is 17.7 Å². The molecule has 0 bridgehead atoms. The van der Waals surface area contributed by atoms with Gasteiger partial charge in [0.1, 0.15) is 12.3 Å². The van der Waals surface area contributed by atoms with Gasteiger partial charge in [-0.2, -0.15) is 0 Å². The molecule has 0 spiro atoms. The minimum atomic E-state index is -0.691. The molecule has 1 amide bonds. The lowest BCUT2D eigenvalue weighted by atomic mass is 10.1. The number of hydrogen-bond donors (Lipinski definition) is 1. The zero-order valence-corrected chi connectivity index (χ0v) is 15.0. The van der Waals surface area contributed by atoms with Gasteiger partial charge in [0.2, 0.25) is 5.88 Å². The number of nitrogens with one attached hydrogen (secondary N) is 1. The van der Waals surface area contributed by atoms with Gasteiger partial charge < -0.3 is 9.47 Å². The van der Waals surface area contributed by atoms with E-state index < -0.39 is 11.0 Å². The molecule has 1 N–H and O–H groups in total. The van der Waals surface area contributed by atoms with Gasteiger partial charge in [-0.15, -0.1) is 0 Å². The van der Waals surface area contributed by atoms with Crippen LogP contribution in [0, 0.1) is 10.1 Å². The average Bonchev–Trinajstić information content (AvgIpc) is 2.73. The summed E-state index contributed by atoms with van der Waals surface area (Å²) in [4.78, 5) is 27.1. The van der Waals surface area contributed by atoms with Crippen molar-refractivity contribution in [3.8, 4) is 17.0 Å². The number of hydrogen-bond acceptors (Lipinski definition) is 6. The SMILES string of the molecule is COc1ncc(-c2ccccc2[N+](=O)[O-])cc1NC(=O)OCc1ccccc1. The van der Waals surface area contributed by atoms with E-state index >= 15 is 0 Å². The van der Waals surface area contributed by atoms with Crippen LogP contribution < -0.4 is 10.1 Å². The summed E-state index contributed by atoms with van der Waals surface area (Å²) in [6, 6.07) is 17.1. The number of carbonyl (C=O) groups excluding carboxylic acids is 1. The van der Waals surface area contributed by atoms with E-state index in [1.165, 1.54) is 19.4 Å². The predicted octanol–water partition coefficient (Wildman–Crippen LogP) is 4.41. The average molecular weight is 379 g/mol. The Kier molecular flexibility index (Phi) is 5.81. The Bertz CT molecular complexity index is 992. The van der Waals surface area contributed by atoms with Crippen LogP contribution in [0.4, 0.5) is 16.2 Å². The maximum atomic E-state index is 12.2. The largest absolute Gasteiger partial charge is 0.480 e. The third-order valence-electron chi connectivity index (χ3n) is 3.91. The first kappa shape index (κ1) is 18.8. The molecule has 3 rings (SSSR count). The summed E-state index contributed by atoms with van der Waals surface area (Å²) in [7, 11) is 1.41. The molecular formula is C20H17N3O5. The monoisotopic (exact) mass is 379 g/mol. The number of pyridine rings is 1. The highest BCUT2D eigenvalue weighted by atomic mass is 16.6. The second-order valence-electron chi connectivity index (χ2n) is 5.74. The van der Waals surface area contributed by atoms with Crippen LogP contribution in [0.5, 0.6) is 5.88 Å². The van der Waals surface area contributed by atoms with Crippen LogP contribution >= 0.6 is 0 Å². The third kappa shape index (κ3) is 4.42. The maximum Gasteiger partial charge on any atom is 0.412 e. The van der Waals surface area contributed by atoms with Crippen molar-refractivity contribution in [1.29, 1.82) is 0 Å². The number of anilines is 1. The molecule has 28 heavy (non-hydrogen) atoms. The summed E-state index contributed by atoms with van der Waals surface area (Å²) < 4.78 is 10.4. The minimum absolute atomic E-state index is 0.0629. The first-order valence-electron chi connectivity index (χ1n) is 8.34. The molecule has 0 radical (unpaired) electrons. The summed E-state index contributed by atoms with van der Waals surface area (Å²) in [5.74, 6) is 0.166. The minimum Gasteiger partial charge on any atom is -0.480 e. The van der Waals surface area contributed by atoms with Gasteiger partial charge >= 0.3 is 6.09 Å². The number of aromatic nitrogens is 1. The van der Waals surface area contributed by atoms with Crippen LogP contribution in [0.2, 0.25) is 0 Å². The van der Waals surface area contributed by atoms with Crippen molar-refractivity contribution in [2.75, 3.05) is 12.4 Å². The molecule has 1 aromatic heterocycles. The Balaban J connectivity index is 1.82. The molecule has 0 saturated carbocycles. The number of nitro groups is 1. The smallest absolute Gasteiger partial charge is 0.412 e. The molecule has 8 nitrogen and oxygen atoms in total. The van der Waals surface area contributed by atoms with E-state index in [1.54, 1.807) is 24.3 Å². The Hall–Kier alpha value is -3.94. The van der Waals surface area contributed by atoms with E-state index in [4.69, 9.17) is 9.47 Å². The number of nitrogens with zero attached hydrogens (tertiary/aromatic N) is 2. The summed E-state index contributed by atoms with van der Waals surface area (Å²) in [6.45, 7) is 0.103. The fraction of sp³-hybridized carbons (Fsp3) is 0.100. The van der Waals surface area contributed by atoms with Crippen LogP contribution in [-0.4, -0.2) is 23.1 Å².